The van der Waals surface area contributed by atoms with Crippen LogP contribution in [0.2, 0.25) is 0 Å². The van der Waals surface area contributed by atoms with E-state index in [4.69, 9.17) is 4.74 Å². The monoisotopic (exact) mass is 421 g/mol. The highest BCUT2D eigenvalue weighted by Gasteiger charge is 2.43. The van der Waals surface area contributed by atoms with E-state index in [1.807, 2.05) is 14.1 Å². The molecule has 0 aliphatic carbocycles. The number of carbonyl (C=O) groups excluding carboxylic acids is 2. The summed E-state index contributed by atoms with van der Waals surface area (Å²) < 4.78 is 5.53. The van der Waals surface area contributed by atoms with Crippen LogP contribution >= 0.6 is 0 Å². The van der Waals surface area contributed by atoms with Gasteiger partial charge >= 0.3 is 0 Å². The van der Waals surface area contributed by atoms with Crippen LogP contribution < -0.4 is 14.7 Å². The highest BCUT2D eigenvalue weighted by atomic mass is 16.5. The van der Waals surface area contributed by atoms with Crippen molar-refractivity contribution in [3.8, 4) is 5.75 Å². The Morgan fingerprint density at radius 2 is 1.87 bits per heavy atom. The second-order valence-electron chi connectivity index (χ2n) is 7.69. The molecule has 31 heavy (non-hydrogen) atoms. The lowest BCUT2D eigenvalue weighted by atomic mass is 9.95. The Labute approximate surface area is 182 Å². The normalized spacial score (nSPS) is 17.9. The number of rotatable bonds is 9. The summed E-state index contributed by atoms with van der Waals surface area (Å²) in [5.41, 5.74) is 1.01. The summed E-state index contributed by atoms with van der Waals surface area (Å²) in [6, 6.07) is 9.48. The zero-order valence-electron chi connectivity index (χ0n) is 17.8. The number of hydrogen-bond acceptors (Lipinski definition) is 5. The van der Waals surface area contributed by atoms with Gasteiger partial charge in [-0.3, -0.25) is 14.6 Å². The number of amides is 1. The molecule has 0 saturated carbocycles. The Bertz CT molecular complexity index is 968. The zero-order chi connectivity index (χ0) is 22.4. The molecule has 1 aromatic carbocycles. The van der Waals surface area contributed by atoms with E-state index in [0.717, 1.165) is 13.0 Å². The predicted octanol–water partition coefficient (Wildman–Crippen LogP) is 0.405. The highest BCUT2D eigenvalue weighted by Crippen LogP contribution is 2.39. The molecule has 7 heteroatoms. The van der Waals surface area contributed by atoms with Gasteiger partial charge in [-0.1, -0.05) is 30.5 Å². The predicted molar refractivity (Wildman–Crippen MR) is 115 cm³/mol. The fraction of sp³-hybridized carbons (Fsp3) is 0.292. The van der Waals surface area contributed by atoms with Gasteiger partial charge < -0.3 is 19.6 Å². The summed E-state index contributed by atoms with van der Waals surface area (Å²) in [5, 5.41) is 13.2. The molecule has 1 unspecified atom stereocenters. The van der Waals surface area contributed by atoms with Gasteiger partial charge in [0.05, 0.1) is 26.7 Å². The summed E-state index contributed by atoms with van der Waals surface area (Å²) in [7, 11) is 4.06. The van der Waals surface area contributed by atoms with Crippen LogP contribution in [0.1, 0.15) is 23.6 Å². The maximum Gasteiger partial charge on any atom is 0.295 e. The first-order valence-corrected chi connectivity index (χ1v) is 10.2. The average molecular weight is 421 g/mol. The maximum absolute atomic E-state index is 13.2. The maximum atomic E-state index is 13.2. The van der Waals surface area contributed by atoms with Gasteiger partial charge in [0.15, 0.2) is 0 Å². The van der Waals surface area contributed by atoms with Crippen LogP contribution in [0.15, 0.2) is 67.0 Å². The molecule has 1 aromatic heterocycles. The number of nitrogens with zero attached hydrogens (tertiary/aromatic N) is 2. The first-order chi connectivity index (χ1) is 14.9. The minimum absolute atomic E-state index is 0.0202. The lowest BCUT2D eigenvalue weighted by Crippen LogP contribution is -3.05. The number of pyridine rings is 1. The van der Waals surface area contributed by atoms with Gasteiger partial charge in [-0.2, -0.15) is 0 Å². The second-order valence-corrected chi connectivity index (χ2v) is 7.69. The number of quaternary nitrogens is 1. The molecule has 0 bridgehead atoms. The number of aromatic nitrogens is 1. The summed E-state index contributed by atoms with van der Waals surface area (Å²) in [6.07, 6.45) is 5.35. The van der Waals surface area contributed by atoms with Crippen molar-refractivity contribution >= 4 is 17.4 Å². The third-order valence-electron chi connectivity index (χ3n) is 5.11. The van der Waals surface area contributed by atoms with Crippen molar-refractivity contribution in [3.05, 3.63) is 78.1 Å². The molecule has 1 amide bonds. The number of hydrogen-bond donors (Lipinski definition) is 1. The fourth-order valence-corrected chi connectivity index (χ4v) is 3.61. The number of ketones is 1. The topological polar surface area (TPSA) is 87.0 Å². The number of benzene rings is 1. The molecule has 1 atom stereocenters. The zero-order valence-corrected chi connectivity index (χ0v) is 17.8. The molecule has 1 N–H and O–H groups in total. The van der Waals surface area contributed by atoms with Gasteiger partial charge in [0.1, 0.15) is 12.4 Å². The van der Waals surface area contributed by atoms with Crippen molar-refractivity contribution in [2.24, 2.45) is 0 Å². The SMILES string of the molecule is C=CCOc1ccc(C2/C(=C(\[O-])c3ccncc3)C(=O)C(=O)N2CCC[NH+](C)C)cc1. The first-order valence-electron chi connectivity index (χ1n) is 10.2. The lowest BCUT2D eigenvalue weighted by Gasteiger charge is -2.27. The molecule has 3 rings (SSSR count). The highest BCUT2D eigenvalue weighted by molar-refractivity contribution is 6.46. The molecule has 1 fully saturated rings. The van der Waals surface area contributed by atoms with Crippen LogP contribution in [0, 0.1) is 0 Å². The molecule has 0 radical (unpaired) electrons. The molecule has 2 heterocycles. The standard InChI is InChI=1S/C24H27N3O4/c1-4-16-31-19-8-6-17(7-9-19)21-20(22(28)18-10-12-25-13-11-18)23(29)24(30)27(21)15-5-14-26(2)3/h4,6-13,21,28H,1,5,14-16H2,2-3H3/b22-20+. The van der Waals surface area contributed by atoms with Crippen LogP contribution in [0.25, 0.3) is 5.76 Å². The molecule has 1 aliphatic rings. The molecule has 0 spiro atoms. The Morgan fingerprint density at radius 1 is 1.19 bits per heavy atom. The average Bonchev–Trinajstić information content (AvgIpc) is 3.03. The fourth-order valence-electron chi connectivity index (χ4n) is 3.61. The number of Topliss-reactive ketones (excluding diaryl/α,β-unsaturated/α-hetero) is 1. The van der Waals surface area contributed by atoms with Crippen molar-refractivity contribution in [3.63, 3.8) is 0 Å². The number of likely N-dealkylation sites (tertiary alicyclic amines) is 1. The summed E-state index contributed by atoms with van der Waals surface area (Å²) in [4.78, 5) is 32.5. The van der Waals surface area contributed by atoms with Crippen molar-refractivity contribution in [2.75, 3.05) is 33.8 Å². The number of nitrogens with one attached hydrogen (secondary N) is 1. The lowest BCUT2D eigenvalue weighted by molar-refractivity contribution is -0.858. The Kier molecular flexibility index (Phi) is 7.20. The number of ether oxygens (including phenoxy) is 1. The Balaban J connectivity index is 2.02. The Hall–Kier alpha value is -3.45. The van der Waals surface area contributed by atoms with Gasteiger partial charge in [-0.15, -0.1) is 0 Å². The first kappa shape index (κ1) is 22.2. The molecule has 162 valence electrons. The van der Waals surface area contributed by atoms with E-state index >= 15 is 0 Å². The van der Waals surface area contributed by atoms with Gasteiger partial charge in [0.25, 0.3) is 5.91 Å². The smallest absolute Gasteiger partial charge is 0.295 e. The van der Waals surface area contributed by atoms with E-state index in [1.54, 1.807) is 42.5 Å². The van der Waals surface area contributed by atoms with E-state index in [-0.39, 0.29) is 5.57 Å². The van der Waals surface area contributed by atoms with E-state index in [9.17, 15) is 14.7 Å². The van der Waals surface area contributed by atoms with Crippen molar-refractivity contribution < 1.29 is 24.3 Å². The van der Waals surface area contributed by atoms with Gasteiger partial charge in [-0.25, -0.2) is 0 Å². The van der Waals surface area contributed by atoms with E-state index in [0.29, 0.717) is 30.0 Å². The van der Waals surface area contributed by atoms with E-state index in [2.05, 4.69) is 11.6 Å². The van der Waals surface area contributed by atoms with Gasteiger partial charge in [0.2, 0.25) is 5.78 Å². The van der Waals surface area contributed by atoms with E-state index in [1.165, 1.54) is 22.2 Å². The molecule has 1 saturated heterocycles. The largest absolute Gasteiger partial charge is 0.872 e. The minimum atomic E-state index is -0.740. The molecule has 7 nitrogen and oxygen atoms in total. The molecular formula is C24H27N3O4. The molecular weight excluding hydrogens is 394 g/mol. The summed E-state index contributed by atoms with van der Waals surface area (Å²) >= 11 is 0. The summed E-state index contributed by atoms with van der Waals surface area (Å²) in [6.45, 7) is 5.23. The third kappa shape index (κ3) is 5.00. The van der Waals surface area contributed by atoms with Crippen molar-refractivity contribution in [1.82, 2.24) is 9.88 Å². The second kappa shape index (κ2) is 10.0. The quantitative estimate of drug-likeness (QED) is 0.274. The van der Waals surface area contributed by atoms with Crippen LogP contribution in [0.4, 0.5) is 0 Å². The summed E-state index contributed by atoms with van der Waals surface area (Å²) in [5.74, 6) is -1.18. The third-order valence-corrected chi connectivity index (χ3v) is 5.11. The molecule has 1 aliphatic heterocycles. The van der Waals surface area contributed by atoms with Gasteiger partial charge in [-0.05, 0) is 35.4 Å². The van der Waals surface area contributed by atoms with Crippen LogP contribution in [0.5, 0.6) is 5.75 Å². The molecule has 2 aromatic rings. The van der Waals surface area contributed by atoms with Crippen LogP contribution in [-0.2, 0) is 9.59 Å². The minimum Gasteiger partial charge on any atom is -0.872 e. The van der Waals surface area contributed by atoms with Crippen LogP contribution in [0.3, 0.4) is 0 Å². The van der Waals surface area contributed by atoms with Gasteiger partial charge in [0, 0.05) is 30.9 Å². The van der Waals surface area contributed by atoms with E-state index < -0.39 is 23.5 Å². The Morgan fingerprint density at radius 3 is 2.48 bits per heavy atom. The van der Waals surface area contributed by atoms with Crippen molar-refractivity contribution in [1.29, 1.82) is 0 Å². The van der Waals surface area contributed by atoms with Crippen LogP contribution in [-0.4, -0.2) is 55.4 Å². The number of carbonyl (C=O) groups is 2. The van der Waals surface area contributed by atoms with Crippen molar-refractivity contribution in [2.45, 2.75) is 12.5 Å².